The van der Waals surface area contributed by atoms with Crippen LogP contribution in [0.1, 0.15) is 23.5 Å². The zero-order valence-corrected chi connectivity index (χ0v) is 14.0. The van der Waals surface area contributed by atoms with Gasteiger partial charge in [-0.2, -0.15) is 0 Å². The molecule has 24 heavy (non-hydrogen) atoms. The van der Waals surface area contributed by atoms with E-state index in [4.69, 9.17) is 11.6 Å². The van der Waals surface area contributed by atoms with Crippen molar-refractivity contribution in [2.45, 2.75) is 12.3 Å². The van der Waals surface area contributed by atoms with Crippen LogP contribution in [0.2, 0.25) is 5.02 Å². The molecule has 1 N–H and O–H groups in total. The third kappa shape index (κ3) is 3.77. The summed E-state index contributed by atoms with van der Waals surface area (Å²) in [4.78, 5) is 25.9. The van der Waals surface area contributed by atoms with Crippen molar-refractivity contribution in [3.8, 4) is 0 Å². The Labute approximate surface area is 146 Å². The zero-order valence-electron chi connectivity index (χ0n) is 13.2. The molecule has 0 aromatic heterocycles. The van der Waals surface area contributed by atoms with Gasteiger partial charge in [-0.3, -0.25) is 9.59 Å². The van der Waals surface area contributed by atoms with Crippen LogP contribution in [0.5, 0.6) is 0 Å². The highest BCUT2D eigenvalue weighted by atomic mass is 35.5. The van der Waals surface area contributed by atoms with Gasteiger partial charge in [-0.1, -0.05) is 60.1 Å². The van der Waals surface area contributed by atoms with Crippen LogP contribution < -0.4 is 5.32 Å². The summed E-state index contributed by atoms with van der Waals surface area (Å²) in [6.45, 7) is 1.18. The molecule has 1 atom stereocenters. The standard InChI is InChI=1S/C19H19ClN2O2/c20-17-9-5-4-8-15(17)16(14-6-2-1-3-7-14)12-19(24)22-11-10-21-18(23)13-22/h1-9,16H,10-13H2,(H,21,23). The number of carbonyl (C=O) groups excluding carboxylic acids is 2. The maximum Gasteiger partial charge on any atom is 0.239 e. The van der Waals surface area contributed by atoms with Gasteiger partial charge in [-0.05, 0) is 17.2 Å². The van der Waals surface area contributed by atoms with Crippen LogP contribution in [-0.4, -0.2) is 36.3 Å². The fourth-order valence-electron chi connectivity index (χ4n) is 3.01. The number of amides is 2. The molecule has 0 spiro atoms. The van der Waals surface area contributed by atoms with Crippen LogP contribution in [0.15, 0.2) is 54.6 Å². The molecular weight excluding hydrogens is 324 g/mol. The Kier molecular flexibility index (Phi) is 5.16. The van der Waals surface area contributed by atoms with E-state index in [1.807, 2.05) is 54.6 Å². The first-order valence-corrected chi connectivity index (χ1v) is 8.37. The highest BCUT2D eigenvalue weighted by molar-refractivity contribution is 6.31. The molecule has 124 valence electrons. The lowest BCUT2D eigenvalue weighted by atomic mass is 9.88. The number of hydrogen-bond donors (Lipinski definition) is 1. The predicted molar refractivity (Wildman–Crippen MR) is 93.9 cm³/mol. The van der Waals surface area contributed by atoms with E-state index < -0.39 is 0 Å². The Morgan fingerprint density at radius 1 is 1.12 bits per heavy atom. The van der Waals surface area contributed by atoms with E-state index in [-0.39, 0.29) is 24.3 Å². The Balaban J connectivity index is 1.87. The van der Waals surface area contributed by atoms with E-state index in [2.05, 4.69) is 5.32 Å². The highest BCUT2D eigenvalue weighted by Gasteiger charge is 2.26. The number of rotatable bonds is 4. The van der Waals surface area contributed by atoms with E-state index in [0.29, 0.717) is 24.5 Å². The average Bonchev–Trinajstić information content (AvgIpc) is 2.61. The van der Waals surface area contributed by atoms with Crippen LogP contribution >= 0.6 is 11.6 Å². The van der Waals surface area contributed by atoms with E-state index in [1.54, 1.807) is 4.90 Å². The minimum Gasteiger partial charge on any atom is -0.353 e. The molecular formula is C19H19ClN2O2. The van der Waals surface area contributed by atoms with Gasteiger partial charge >= 0.3 is 0 Å². The molecule has 2 aromatic carbocycles. The smallest absolute Gasteiger partial charge is 0.239 e. The van der Waals surface area contributed by atoms with Crippen LogP contribution in [-0.2, 0) is 9.59 Å². The maximum atomic E-state index is 12.7. The lowest BCUT2D eigenvalue weighted by molar-refractivity contribution is -0.138. The molecule has 5 heteroatoms. The predicted octanol–water partition coefficient (Wildman–Crippen LogP) is 2.82. The second-order valence-corrected chi connectivity index (χ2v) is 6.26. The van der Waals surface area contributed by atoms with Crippen LogP contribution in [0.25, 0.3) is 0 Å². The lowest BCUT2D eigenvalue weighted by Gasteiger charge is -2.29. The summed E-state index contributed by atoms with van der Waals surface area (Å²) in [6, 6.07) is 17.5. The molecule has 1 heterocycles. The van der Waals surface area contributed by atoms with Gasteiger partial charge in [-0.15, -0.1) is 0 Å². The molecule has 0 bridgehead atoms. The van der Waals surface area contributed by atoms with E-state index in [0.717, 1.165) is 11.1 Å². The normalized spacial score (nSPS) is 15.7. The highest BCUT2D eigenvalue weighted by Crippen LogP contribution is 2.33. The Morgan fingerprint density at radius 3 is 2.54 bits per heavy atom. The number of carbonyl (C=O) groups is 2. The molecule has 0 aliphatic carbocycles. The van der Waals surface area contributed by atoms with Gasteiger partial charge in [0.2, 0.25) is 11.8 Å². The summed E-state index contributed by atoms with van der Waals surface area (Å²) in [5, 5.41) is 3.39. The number of benzene rings is 2. The largest absolute Gasteiger partial charge is 0.353 e. The van der Waals surface area contributed by atoms with Gasteiger partial charge in [0.05, 0.1) is 6.54 Å². The van der Waals surface area contributed by atoms with Crippen molar-refractivity contribution in [1.29, 1.82) is 0 Å². The zero-order chi connectivity index (χ0) is 16.9. The summed E-state index contributed by atoms with van der Waals surface area (Å²) < 4.78 is 0. The minimum atomic E-state index is -0.127. The van der Waals surface area contributed by atoms with Gasteiger partial charge < -0.3 is 10.2 Å². The molecule has 2 amide bonds. The number of hydrogen-bond acceptors (Lipinski definition) is 2. The van der Waals surface area contributed by atoms with Gasteiger partial charge in [-0.25, -0.2) is 0 Å². The van der Waals surface area contributed by atoms with Crippen molar-refractivity contribution >= 4 is 23.4 Å². The quantitative estimate of drug-likeness (QED) is 0.928. The molecule has 0 saturated carbocycles. The summed E-state index contributed by atoms with van der Waals surface area (Å²) in [5.74, 6) is -0.264. The molecule has 1 fully saturated rings. The van der Waals surface area contributed by atoms with Crippen molar-refractivity contribution in [3.05, 3.63) is 70.7 Å². The fraction of sp³-hybridized carbons (Fsp3) is 0.263. The number of nitrogens with zero attached hydrogens (tertiary/aromatic N) is 1. The number of piperazine rings is 1. The monoisotopic (exact) mass is 342 g/mol. The number of nitrogens with one attached hydrogen (secondary N) is 1. The maximum absolute atomic E-state index is 12.7. The first kappa shape index (κ1) is 16.5. The van der Waals surface area contributed by atoms with Crippen molar-refractivity contribution in [2.24, 2.45) is 0 Å². The Hall–Kier alpha value is -2.33. The van der Waals surface area contributed by atoms with Crippen molar-refractivity contribution < 1.29 is 9.59 Å². The first-order valence-electron chi connectivity index (χ1n) is 7.99. The fourth-order valence-corrected chi connectivity index (χ4v) is 3.27. The lowest BCUT2D eigenvalue weighted by Crippen LogP contribution is -2.50. The summed E-state index contributed by atoms with van der Waals surface area (Å²) in [7, 11) is 0. The Bertz CT molecular complexity index is 733. The van der Waals surface area contributed by atoms with E-state index in [9.17, 15) is 9.59 Å². The summed E-state index contributed by atoms with van der Waals surface area (Å²) in [6.07, 6.45) is 0.293. The topological polar surface area (TPSA) is 49.4 Å². The molecule has 0 radical (unpaired) electrons. The molecule has 1 unspecified atom stereocenters. The summed E-state index contributed by atoms with van der Waals surface area (Å²) >= 11 is 6.37. The third-order valence-electron chi connectivity index (χ3n) is 4.25. The van der Waals surface area contributed by atoms with Crippen LogP contribution in [0.3, 0.4) is 0 Å². The average molecular weight is 343 g/mol. The minimum absolute atomic E-state index is 0.0291. The van der Waals surface area contributed by atoms with Gasteiger partial charge in [0, 0.05) is 30.5 Å². The second kappa shape index (κ2) is 7.49. The second-order valence-electron chi connectivity index (χ2n) is 5.85. The van der Waals surface area contributed by atoms with Crippen molar-refractivity contribution in [1.82, 2.24) is 10.2 Å². The van der Waals surface area contributed by atoms with Crippen LogP contribution in [0, 0.1) is 0 Å². The van der Waals surface area contributed by atoms with Crippen LogP contribution in [0.4, 0.5) is 0 Å². The van der Waals surface area contributed by atoms with E-state index in [1.165, 1.54) is 0 Å². The SMILES string of the molecule is O=C1CN(C(=O)CC(c2ccccc2)c2ccccc2Cl)CCN1. The first-order chi connectivity index (χ1) is 11.6. The summed E-state index contributed by atoms with van der Waals surface area (Å²) in [5.41, 5.74) is 1.97. The van der Waals surface area contributed by atoms with E-state index >= 15 is 0 Å². The molecule has 4 nitrogen and oxygen atoms in total. The van der Waals surface area contributed by atoms with Gasteiger partial charge in [0.1, 0.15) is 0 Å². The van der Waals surface area contributed by atoms with Gasteiger partial charge in [0.15, 0.2) is 0 Å². The van der Waals surface area contributed by atoms with Crippen molar-refractivity contribution in [2.75, 3.05) is 19.6 Å². The Morgan fingerprint density at radius 2 is 1.83 bits per heavy atom. The molecule has 1 saturated heterocycles. The molecule has 1 aliphatic rings. The molecule has 2 aromatic rings. The van der Waals surface area contributed by atoms with Gasteiger partial charge in [0.25, 0.3) is 0 Å². The molecule has 3 rings (SSSR count). The number of halogens is 1. The third-order valence-corrected chi connectivity index (χ3v) is 4.60. The van der Waals surface area contributed by atoms with Crippen molar-refractivity contribution in [3.63, 3.8) is 0 Å². The molecule has 1 aliphatic heterocycles.